The van der Waals surface area contributed by atoms with Gasteiger partial charge in [0.05, 0.1) is 4.92 Å². The molecule has 1 aliphatic heterocycles. The van der Waals surface area contributed by atoms with Crippen LogP contribution in [-0.2, 0) is 0 Å². The molecule has 1 unspecified atom stereocenters. The van der Waals surface area contributed by atoms with Crippen LogP contribution in [0.1, 0.15) is 0 Å². The number of carboxylic acid groups (broad SMARTS) is 1. The number of nitro groups is 1. The smallest absolute Gasteiger partial charge is 0.413 e. The minimum absolute atomic E-state index is 0.168. The fraction of sp³-hybridized carbons (Fsp3) is 0.750. The highest BCUT2D eigenvalue weighted by Gasteiger charge is 2.36. The Morgan fingerprint density at radius 3 is 2.82 bits per heavy atom. The number of carbonyl (C=O) groups is 1. The molecule has 62 valence electrons. The summed E-state index contributed by atoms with van der Waals surface area (Å²) in [6.45, 7) is 0.499. The molecule has 0 aromatic carbocycles. The lowest BCUT2D eigenvalue weighted by Gasteiger charge is -2.12. The zero-order chi connectivity index (χ0) is 8.43. The lowest BCUT2D eigenvalue weighted by atomic mass is 10.6. The zero-order valence-electron chi connectivity index (χ0n) is 5.56. The molecule has 1 aliphatic rings. The molecule has 7 nitrogen and oxygen atoms in total. The molecule has 0 aliphatic carbocycles. The Morgan fingerprint density at radius 2 is 2.45 bits per heavy atom. The second kappa shape index (κ2) is 2.70. The molecule has 0 aromatic rings. The van der Waals surface area contributed by atoms with Crippen LogP contribution in [0, 0.1) is 10.1 Å². The lowest BCUT2D eigenvalue weighted by Crippen LogP contribution is -2.44. The van der Waals surface area contributed by atoms with Crippen molar-refractivity contribution < 1.29 is 14.8 Å². The summed E-state index contributed by atoms with van der Waals surface area (Å²) in [7, 11) is 0. The van der Waals surface area contributed by atoms with Crippen LogP contribution in [0.3, 0.4) is 0 Å². The van der Waals surface area contributed by atoms with Gasteiger partial charge in [0.2, 0.25) is 0 Å². The molecule has 7 heteroatoms. The number of rotatable bonds is 1. The molecule has 1 fully saturated rings. The zero-order valence-corrected chi connectivity index (χ0v) is 5.56. The third-order valence-electron chi connectivity index (χ3n) is 1.42. The number of nitrogens with zero attached hydrogens (tertiary/aromatic N) is 2. The predicted molar refractivity (Wildman–Crippen MR) is 33.5 cm³/mol. The van der Waals surface area contributed by atoms with Crippen molar-refractivity contribution in [3.8, 4) is 0 Å². The molecule has 1 atom stereocenters. The highest BCUT2D eigenvalue weighted by molar-refractivity contribution is 5.65. The van der Waals surface area contributed by atoms with E-state index in [-0.39, 0.29) is 6.54 Å². The van der Waals surface area contributed by atoms with Crippen molar-refractivity contribution in [2.24, 2.45) is 0 Å². The van der Waals surface area contributed by atoms with Crippen molar-refractivity contribution in [2.45, 2.75) is 6.29 Å². The van der Waals surface area contributed by atoms with E-state index in [1.807, 2.05) is 0 Å². The fourth-order valence-corrected chi connectivity index (χ4v) is 0.935. The molecule has 0 spiro atoms. The minimum atomic E-state index is -1.27. The standard InChI is InChI=1S/C4H7N3O4/c8-4(9)6-2-1-5-3(6)7(10)11/h3,5H,1-2H2,(H,8,9). The van der Waals surface area contributed by atoms with Crippen molar-refractivity contribution >= 4 is 6.09 Å². The normalized spacial score (nSPS) is 23.6. The molecule has 11 heavy (non-hydrogen) atoms. The summed E-state index contributed by atoms with van der Waals surface area (Å²) in [6.07, 6.45) is -2.54. The van der Waals surface area contributed by atoms with Crippen LogP contribution >= 0.6 is 0 Å². The highest BCUT2D eigenvalue weighted by atomic mass is 16.6. The maximum absolute atomic E-state index is 10.3. The van der Waals surface area contributed by atoms with Gasteiger partial charge >= 0.3 is 12.4 Å². The van der Waals surface area contributed by atoms with E-state index < -0.39 is 17.3 Å². The van der Waals surface area contributed by atoms with Crippen molar-refractivity contribution in [1.82, 2.24) is 10.2 Å². The third-order valence-corrected chi connectivity index (χ3v) is 1.42. The summed E-state index contributed by atoms with van der Waals surface area (Å²) in [5, 5.41) is 21.0. The van der Waals surface area contributed by atoms with Gasteiger partial charge < -0.3 is 5.11 Å². The first-order valence-corrected chi connectivity index (χ1v) is 2.99. The van der Waals surface area contributed by atoms with Gasteiger partial charge in [-0.05, 0) is 0 Å². The van der Waals surface area contributed by atoms with Crippen molar-refractivity contribution in [3.63, 3.8) is 0 Å². The fourth-order valence-electron chi connectivity index (χ4n) is 0.935. The first-order valence-electron chi connectivity index (χ1n) is 2.99. The van der Waals surface area contributed by atoms with E-state index >= 15 is 0 Å². The molecule has 1 amide bonds. The maximum atomic E-state index is 10.3. The third kappa shape index (κ3) is 1.37. The maximum Gasteiger partial charge on any atom is 0.413 e. The first kappa shape index (κ1) is 7.73. The summed E-state index contributed by atoms with van der Waals surface area (Å²) in [4.78, 5) is 20.5. The van der Waals surface area contributed by atoms with E-state index in [1.54, 1.807) is 0 Å². The second-order valence-corrected chi connectivity index (χ2v) is 2.09. The number of hydrogen-bond donors (Lipinski definition) is 2. The Kier molecular flexibility index (Phi) is 1.90. The van der Waals surface area contributed by atoms with Gasteiger partial charge in [0.15, 0.2) is 0 Å². The van der Waals surface area contributed by atoms with Crippen LogP contribution in [-0.4, -0.2) is 40.4 Å². The van der Waals surface area contributed by atoms with E-state index in [0.29, 0.717) is 6.54 Å². The van der Waals surface area contributed by atoms with E-state index in [0.717, 1.165) is 4.90 Å². The molecular formula is C4H7N3O4. The Hall–Kier alpha value is -1.37. The Morgan fingerprint density at radius 1 is 1.82 bits per heavy atom. The Bertz CT molecular complexity index is 174. The molecular weight excluding hydrogens is 154 g/mol. The molecule has 1 rings (SSSR count). The number of hydrogen-bond acceptors (Lipinski definition) is 4. The van der Waals surface area contributed by atoms with Gasteiger partial charge in [-0.15, -0.1) is 0 Å². The van der Waals surface area contributed by atoms with Crippen LogP contribution in [0.5, 0.6) is 0 Å². The minimum Gasteiger partial charge on any atom is -0.465 e. The van der Waals surface area contributed by atoms with Gasteiger partial charge in [0.25, 0.3) is 0 Å². The van der Waals surface area contributed by atoms with Crippen LogP contribution in [0.25, 0.3) is 0 Å². The second-order valence-electron chi connectivity index (χ2n) is 2.09. The SMILES string of the molecule is O=C(O)N1CCNC1[N+](=O)[O-]. The van der Waals surface area contributed by atoms with Crippen LogP contribution < -0.4 is 5.32 Å². The monoisotopic (exact) mass is 161 g/mol. The lowest BCUT2D eigenvalue weighted by molar-refractivity contribution is -0.547. The summed E-state index contributed by atoms with van der Waals surface area (Å²) >= 11 is 0. The topological polar surface area (TPSA) is 95.7 Å². The molecule has 1 heterocycles. The molecule has 2 N–H and O–H groups in total. The van der Waals surface area contributed by atoms with Gasteiger partial charge in [-0.1, -0.05) is 0 Å². The largest absolute Gasteiger partial charge is 0.465 e. The van der Waals surface area contributed by atoms with E-state index in [2.05, 4.69) is 5.32 Å². The first-order chi connectivity index (χ1) is 5.13. The van der Waals surface area contributed by atoms with Crippen molar-refractivity contribution in [1.29, 1.82) is 0 Å². The average Bonchev–Trinajstić information content (AvgIpc) is 2.32. The van der Waals surface area contributed by atoms with Crippen LogP contribution in [0.2, 0.25) is 0 Å². The number of nitrogens with one attached hydrogen (secondary N) is 1. The molecule has 0 saturated carbocycles. The predicted octanol–water partition coefficient (Wildman–Crippen LogP) is -0.870. The van der Waals surface area contributed by atoms with Gasteiger partial charge in [0.1, 0.15) is 0 Å². The summed E-state index contributed by atoms with van der Waals surface area (Å²) in [6, 6.07) is 0. The van der Waals surface area contributed by atoms with Gasteiger partial charge in [0, 0.05) is 13.1 Å². The summed E-state index contributed by atoms with van der Waals surface area (Å²) in [5.74, 6) is 0. The van der Waals surface area contributed by atoms with E-state index in [9.17, 15) is 14.9 Å². The van der Waals surface area contributed by atoms with Crippen LogP contribution in [0.4, 0.5) is 4.79 Å². The summed E-state index contributed by atoms with van der Waals surface area (Å²) < 4.78 is 0. The van der Waals surface area contributed by atoms with Crippen LogP contribution in [0.15, 0.2) is 0 Å². The van der Waals surface area contributed by atoms with E-state index in [4.69, 9.17) is 5.11 Å². The molecule has 0 radical (unpaired) electrons. The highest BCUT2D eigenvalue weighted by Crippen LogP contribution is 2.03. The summed E-state index contributed by atoms with van der Waals surface area (Å²) in [5.41, 5.74) is 0. The quantitative estimate of drug-likeness (QED) is 0.385. The van der Waals surface area contributed by atoms with Crippen molar-refractivity contribution in [3.05, 3.63) is 10.1 Å². The van der Waals surface area contributed by atoms with E-state index in [1.165, 1.54) is 0 Å². The number of amides is 1. The van der Waals surface area contributed by atoms with Gasteiger partial charge in [-0.3, -0.25) is 10.1 Å². The average molecular weight is 161 g/mol. The molecule has 1 saturated heterocycles. The Labute approximate surface area is 61.7 Å². The van der Waals surface area contributed by atoms with Gasteiger partial charge in [-0.25, -0.2) is 15.0 Å². The molecule has 0 bridgehead atoms. The Balaban J connectivity index is 2.65. The van der Waals surface area contributed by atoms with Gasteiger partial charge in [-0.2, -0.15) is 0 Å². The molecule has 0 aromatic heterocycles. The van der Waals surface area contributed by atoms with Crippen molar-refractivity contribution in [2.75, 3.05) is 13.1 Å².